The van der Waals surface area contributed by atoms with E-state index in [1.165, 1.54) is 0 Å². The van der Waals surface area contributed by atoms with E-state index in [-0.39, 0.29) is 10.8 Å². The Morgan fingerprint density at radius 1 is 0.923 bits per heavy atom. The predicted octanol–water partition coefficient (Wildman–Crippen LogP) is 2.80. The molecule has 0 aromatic rings. The Bertz CT molecular complexity index is 146. The highest BCUT2D eigenvalue weighted by Gasteiger charge is 2.50. The molecule has 2 nitrogen and oxygen atoms in total. The van der Waals surface area contributed by atoms with Crippen LogP contribution < -0.4 is 0 Å². The van der Waals surface area contributed by atoms with Crippen molar-refractivity contribution in [2.45, 2.75) is 54.3 Å². The number of rotatable bonds is 2. The molecule has 0 aromatic carbocycles. The second-order valence-corrected chi connectivity index (χ2v) is 5.58. The molecule has 0 radical (unpaired) electrons. The van der Waals surface area contributed by atoms with Gasteiger partial charge in [-0.1, -0.05) is 41.5 Å². The average Bonchev–Trinajstić information content (AvgIpc) is 1.82. The summed E-state index contributed by atoms with van der Waals surface area (Å²) < 4.78 is 5.51. The molecule has 0 rings (SSSR count). The highest BCUT2D eigenvalue weighted by molar-refractivity contribution is 4.92. The molecular weight excluding hydrogens is 164 g/mol. The van der Waals surface area contributed by atoms with E-state index in [0.29, 0.717) is 6.61 Å². The van der Waals surface area contributed by atoms with Crippen LogP contribution in [0.25, 0.3) is 0 Å². The van der Waals surface area contributed by atoms with Gasteiger partial charge in [0, 0.05) is 17.4 Å². The van der Waals surface area contributed by atoms with Crippen molar-refractivity contribution in [3.63, 3.8) is 0 Å². The van der Waals surface area contributed by atoms with E-state index in [2.05, 4.69) is 0 Å². The summed E-state index contributed by atoms with van der Waals surface area (Å²) in [4.78, 5) is 0. The van der Waals surface area contributed by atoms with E-state index in [4.69, 9.17) is 4.74 Å². The summed E-state index contributed by atoms with van der Waals surface area (Å²) >= 11 is 0. The van der Waals surface area contributed by atoms with Crippen LogP contribution in [0.15, 0.2) is 0 Å². The lowest BCUT2D eigenvalue weighted by Gasteiger charge is -2.48. The Balaban J connectivity index is 4.96. The minimum atomic E-state index is -1.07. The van der Waals surface area contributed by atoms with Crippen molar-refractivity contribution >= 4 is 0 Å². The maximum absolute atomic E-state index is 10.5. The van der Waals surface area contributed by atoms with Crippen molar-refractivity contribution in [2.24, 2.45) is 10.8 Å². The van der Waals surface area contributed by atoms with Gasteiger partial charge in [0.2, 0.25) is 0 Å². The highest BCUT2D eigenvalue weighted by atomic mass is 16.6. The lowest BCUT2D eigenvalue weighted by Crippen LogP contribution is -2.55. The van der Waals surface area contributed by atoms with Crippen LogP contribution in [-0.2, 0) is 4.74 Å². The third kappa shape index (κ3) is 2.44. The Morgan fingerprint density at radius 2 is 1.23 bits per heavy atom. The predicted molar refractivity (Wildman–Crippen MR) is 55.5 cm³/mol. The Morgan fingerprint density at radius 3 is 1.31 bits per heavy atom. The molecule has 0 aliphatic carbocycles. The van der Waals surface area contributed by atoms with Gasteiger partial charge >= 0.3 is 0 Å². The van der Waals surface area contributed by atoms with Gasteiger partial charge in [-0.15, -0.1) is 0 Å². The van der Waals surface area contributed by atoms with Crippen molar-refractivity contribution < 1.29 is 9.84 Å². The molecule has 0 saturated carbocycles. The zero-order valence-electron chi connectivity index (χ0n) is 10.1. The van der Waals surface area contributed by atoms with E-state index >= 15 is 0 Å². The van der Waals surface area contributed by atoms with Crippen LogP contribution in [0, 0.1) is 10.8 Å². The summed E-state index contributed by atoms with van der Waals surface area (Å²) in [6.45, 7) is 14.4. The van der Waals surface area contributed by atoms with Gasteiger partial charge in [0.1, 0.15) is 0 Å². The number of ether oxygens (including phenoxy) is 1. The molecule has 0 aliphatic heterocycles. The van der Waals surface area contributed by atoms with Gasteiger partial charge in [-0.3, -0.25) is 0 Å². The SMILES string of the molecule is CCOC(O)(C(C)(C)C)C(C)(C)C. The van der Waals surface area contributed by atoms with E-state index < -0.39 is 5.79 Å². The van der Waals surface area contributed by atoms with E-state index in [1.54, 1.807) is 0 Å². The molecule has 0 fully saturated rings. The second kappa shape index (κ2) is 3.58. The molecular formula is C11H24O2. The number of aliphatic hydroxyl groups is 1. The van der Waals surface area contributed by atoms with Gasteiger partial charge in [0.25, 0.3) is 0 Å². The summed E-state index contributed by atoms with van der Waals surface area (Å²) in [5.74, 6) is -1.07. The summed E-state index contributed by atoms with van der Waals surface area (Å²) in [5, 5.41) is 10.5. The molecule has 0 saturated heterocycles. The maximum Gasteiger partial charge on any atom is 0.175 e. The van der Waals surface area contributed by atoms with Gasteiger partial charge in [-0.05, 0) is 6.92 Å². The summed E-state index contributed by atoms with van der Waals surface area (Å²) in [6.07, 6.45) is 0. The quantitative estimate of drug-likeness (QED) is 0.675. The van der Waals surface area contributed by atoms with Crippen molar-refractivity contribution in [1.82, 2.24) is 0 Å². The van der Waals surface area contributed by atoms with Crippen molar-refractivity contribution in [1.29, 1.82) is 0 Å². The van der Waals surface area contributed by atoms with E-state index in [1.807, 2.05) is 48.5 Å². The largest absolute Gasteiger partial charge is 0.365 e. The summed E-state index contributed by atoms with van der Waals surface area (Å²) in [5.41, 5.74) is -0.553. The molecule has 1 N–H and O–H groups in total. The minimum absolute atomic E-state index is 0.277. The van der Waals surface area contributed by atoms with Crippen LogP contribution in [0.3, 0.4) is 0 Å². The molecule has 0 aromatic heterocycles. The lowest BCUT2D eigenvalue weighted by molar-refractivity contribution is -0.311. The molecule has 13 heavy (non-hydrogen) atoms. The van der Waals surface area contributed by atoms with Crippen molar-refractivity contribution in [3.8, 4) is 0 Å². The highest BCUT2D eigenvalue weighted by Crippen LogP contribution is 2.44. The van der Waals surface area contributed by atoms with Crippen LogP contribution in [0.2, 0.25) is 0 Å². The lowest BCUT2D eigenvalue weighted by atomic mass is 9.70. The minimum Gasteiger partial charge on any atom is -0.365 e. The van der Waals surface area contributed by atoms with Crippen LogP contribution in [0.5, 0.6) is 0 Å². The third-order valence-corrected chi connectivity index (χ3v) is 2.39. The molecule has 0 bridgehead atoms. The van der Waals surface area contributed by atoms with Crippen molar-refractivity contribution in [3.05, 3.63) is 0 Å². The van der Waals surface area contributed by atoms with Gasteiger partial charge in [0.15, 0.2) is 5.79 Å². The van der Waals surface area contributed by atoms with Gasteiger partial charge in [0.05, 0.1) is 0 Å². The van der Waals surface area contributed by atoms with E-state index in [9.17, 15) is 5.11 Å². The van der Waals surface area contributed by atoms with Crippen molar-refractivity contribution in [2.75, 3.05) is 6.61 Å². The molecule has 80 valence electrons. The first kappa shape index (κ1) is 12.9. The first-order valence-corrected chi connectivity index (χ1v) is 4.92. The third-order valence-electron chi connectivity index (χ3n) is 2.39. The summed E-state index contributed by atoms with van der Waals surface area (Å²) in [6, 6.07) is 0. The van der Waals surface area contributed by atoms with Gasteiger partial charge in [-0.2, -0.15) is 0 Å². The van der Waals surface area contributed by atoms with Crippen LogP contribution in [-0.4, -0.2) is 17.5 Å². The Kier molecular flexibility index (Phi) is 3.56. The molecule has 0 aliphatic rings. The Hall–Kier alpha value is -0.0800. The van der Waals surface area contributed by atoms with Crippen LogP contribution >= 0.6 is 0 Å². The van der Waals surface area contributed by atoms with E-state index in [0.717, 1.165) is 0 Å². The second-order valence-electron chi connectivity index (χ2n) is 5.58. The molecule has 0 unspecified atom stereocenters. The smallest absolute Gasteiger partial charge is 0.175 e. The molecule has 0 spiro atoms. The zero-order valence-corrected chi connectivity index (χ0v) is 10.1. The molecule has 0 atom stereocenters. The first-order chi connectivity index (χ1) is 5.56. The maximum atomic E-state index is 10.5. The monoisotopic (exact) mass is 188 g/mol. The molecule has 0 amide bonds. The van der Waals surface area contributed by atoms with Crippen LogP contribution in [0.4, 0.5) is 0 Å². The fourth-order valence-corrected chi connectivity index (χ4v) is 1.77. The standard InChI is InChI=1S/C11H24O2/c1-8-13-11(12,9(2,3)4)10(5,6)7/h12H,8H2,1-7H3. The number of hydrogen-bond acceptors (Lipinski definition) is 2. The molecule has 0 heterocycles. The summed E-state index contributed by atoms with van der Waals surface area (Å²) in [7, 11) is 0. The fourth-order valence-electron chi connectivity index (χ4n) is 1.77. The van der Waals surface area contributed by atoms with Gasteiger partial charge in [-0.25, -0.2) is 0 Å². The number of hydrogen-bond donors (Lipinski definition) is 1. The Labute approximate surface area is 82.3 Å². The normalized spacial score (nSPS) is 14.8. The molecule has 2 heteroatoms. The average molecular weight is 188 g/mol. The first-order valence-electron chi connectivity index (χ1n) is 4.92. The van der Waals surface area contributed by atoms with Gasteiger partial charge < -0.3 is 9.84 Å². The zero-order chi connectivity index (χ0) is 10.9. The topological polar surface area (TPSA) is 29.5 Å². The fraction of sp³-hybridized carbons (Fsp3) is 1.00. The van der Waals surface area contributed by atoms with Crippen LogP contribution in [0.1, 0.15) is 48.5 Å².